The van der Waals surface area contributed by atoms with Gasteiger partial charge < -0.3 is 9.42 Å². The van der Waals surface area contributed by atoms with E-state index in [1.54, 1.807) is 29.6 Å². The van der Waals surface area contributed by atoms with Crippen LogP contribution in [0, 0.1) is 0 Å². The highest BCUT2D eigenvalue weighted by atomic mass is 19.4. The minimum absolute atomic E-state index is 0.0623. The molecule has 0 aliphatic carbocycles. The lowest BCUT2D eigenvalue weighted by molar-refractivity contribution is -0.136. The lowest BCUT2D eigenvalue weighted by Gasteiger charge is -2.31. The molecule has 3 aromatic rings. The van der Waals surface area contributed by atoms with Crippen molar-refractivity contribution in [2.45, 2.75) is 58.0 Å². The van der Waals surface area contributed by atoms with E-state index in [9.17, 15) is 18.0 Å². The van der Waals surface area contributed by atoms with Crippen LogP contribution in [-0.2, 0) is 19.6 Å². The van der Waals surface area contributed by atoms with Crippen molar-refractivity contribution in [3.63, 3.8) is 0 Å². The zero-order valence-corrected chi connectivity index (χ0v) is 18.5. The molecule has 172 valence electrons. The Bertz CT molecular complexity index is 1140. The number of halogens is 3. The first kappa shape index (κ1) is 22.3. The Balaban J connectivity index is 1.57. The van der Waals surface area contributed by atoms with E-state index in [0.717, 1.165) is 11.8 Å². The van der Waals surface area contributed by atoms with Gasteiger partial charge in [-0.05, 0) is 37.3 Å². The molecule has 0 spiro atoms. The van der Waals surface area contributed by atoms with Crippen LogP contribution in [0.1, 0.15) is 78.6 Å². The van der Waals surface area contributed by atoms with Gasteiger partial charge in [0.25, 0.3) is 11.6 Å². The summed E-state index contributed by atoms with van der Waals surface area (Å²) in [5.74, 6) is -0.160. The maximum absolute atomic E-state index is 13.8. The molecule has 0 aromatic carbocycles. The summed E-state index contributed by atoms with van der Waals surface area (Å²) in [6.45, 7) is 6.60. The third kappa shape index (κ3) is 3.98. The molecule has 4 heterocycles. The van der Waals surface area contributed by atoms with E-state index < -0.39 is 11.7 Å². The summed E-state index contributed by atoms with van der Waals surface area (Å²) < 4.78 is 48.1. The average Bonchev–Trinajstić information content (AvgIpc) is 3.35. The number of carbonyl (C=O) groups excluding carboxylic acids is 1. The van der Waals surface area contributed by atoms with E-state index in [2.05, 4.69) is 15.2 Å². The van der Waals surface area contributed by atoms with Crippen LogP contribution in [-0.4, -0.2) is 43.8 Å². The number of hydrogen-bond donors (Lipinski definition) is 0. The Kier molecular flexibility index (Phi) is 5.72. The molecular weight excluding hydrogens is 423 g/mol. The minimum Gasteiger partial charge on any atom is -0.337 e. The predicted octanol–water partition coefficient (Wildman–Crippen LogP) is 4.68. The second-order valence-corrected chi connectivity index (χ2v) is 8.56. The Morgan fingerprint density at radius 2 is 1.94 bits per heavy atom. The number of carbonyl (C=O) groups is 1. The molecule has 0 N–H and O–H groups in total. The summed E-state index contributed by atoms with van der Waals surface area (Å²) in [5, 5.41) is 8.31. The number of aromatic nitrogens is 4. The van der Waals surface area contributed by atoms with Gasteiger partial charge in [-0.15, -0.1) is 0 Å². The molecule has 0 bridgehead atoms. The molecule has 32 heavy (non-hydrogen) atoms. The fourth-order valence-electron chi connectivity index (χ4n) is 4.20. The maximum Gasteiger partial charge on any atom is 0.417 e. The fraction of sp³-hybridized carbons (Fsp3) is 0.545. The van der Waals surface area contributed by atoms with E-state index >= 15 is 0 Å². The summed E-state index contributed by atoms with van der Waals surface area (Å²) in [6, 6.07) is 2.88. The molecule has 0 unspecified atom stereocenters. The summed E-state index contributed by atoms with van der Waals surface area (Å²) in [6.07, 6.45) is -3.18. The Morgan fingerprint density at radius 3 is 2.50 bits per heavy atom. The second kappa shape index (κ2) is 8.22. The molecule has 4 rings (SSSR count). The predicted molar refractivity (Wildman–Crippen MR) is 111 cm³/mol. The van der Waals surface area contributed by atoms with Crippen molar-refractivity contribution < 1.29 is 22.5 Å². The van der Waals surface area contributed by atoms with Crippen molar-refractivity contribution in [3.05, 3.63) is 40.5 Å². The van der Waals surface area contributed by atoms with Crippen molar-refractivity contribution >= 4 is 17.0 Å². The molecule has 3 aromatic heterocycles. The lowest BCUT2D eigenvalue weighted by atomic mass is 9.90. The van der Waals surface area contributed by atoms with Gasteiger partial charge in [0, 0.05) is 31.7 Å². The number of alkyl halides is 3. The van der Waals surface area contributed by atoms with Crippen LogP contribution in [0.15, 0.2) is 16.7 Å². The Labute approximate surface area is 183 Å². The summed E-state index contributed by atoms with van der Waals surface area (Å²) >= 11 is 0. The van der Waals surface area contributed by atoms with Gasteiger partial charge >= 0.3 is 6.18 Å². The van der Waals surface area contributed by atoms with Gasteiger partial charge in [0.2, 0.25) is 0 Å². The topological polar surface area (TPSA) is 77.0 Å². The highest BCUT2D eigenvalue weighted by Gasteiger charge is 2.38. The third-order valence-electron chi connectivity index (χ3n) is 6.07. The molecule has 0 atom stereocenters. The van der Waals surface area contributed by atoms with Crippen molar-refractivity contribution in [2.75, 3.05) is 13.1 Å². The second-order valence-electron chi connectivity index (χ2n) is 8.56. The highest BCUT2D eigenvalue weighted by Crippen LogP contribution is 2.40. The van der Waals surface area contributed by atoms with Crippen LogP contribution >= 0.6 is 0 Å². The van der Waals surface area contributed by atoms with E-state index in [4.69, 9.17) is 4.52 Å². The third-order valence-corrected chi connectivity index (χ3v) is 6.07. The van der Waals surface area contributed by atoms with Crippen molar-refractivity contribution in [3.8, 4) is 0 Å². The zero-order chi connectivity index (χ0) is 23.2. The van der Waals surface area contributed by atoms with Gasteiger partial charge in [-0.1, -0.05) is 25.9 Å². The maximum atomic E-state index is 13.8. The number of aryl methyl sites for hydroxylation is 2. The van der Waals surface area contributed by atoms with Gasteiger partial charge in [-0.2, -0.15) is 18.3 Å². The lowest BCUT2D eigenvalue weighted by Crippen LogP contribution is -2.38. The molecule has 1 aliphatic rings. The largest absolute Gasteiger partial charge is 0.417 e. The molecule has 1 fully saturated rings. The van der Waals surface area contributed by atoms with Crippen molar-refractivity contribution in [2.24, 2.45) is 7.05 Å². The quantitative estimate of drug-likeness (QED) is 0.578. The first-order chi connectivity index (χ1) is 15.1. The number of fused-ring (bicyclic) bond motifs is 1. The molecule has 1 saturated heterocycles. The number of likely N-dealkylation sites (tertiary alicyclic amines) is 1. The molecular formula is C22H26F3N5O2. The van der Waals surface area contributed by atoms with Crippen molar-refractivity contribution in [1.29, 1.82) is 0 Å². The average molecular weight is 449 g/mol. The van der Waals surface area contributed by atoms with Gasteiger partial charge in [-0.3, -0.25) is 9.48 Å². The molecule has 1 aliphatic heterocycles. The normalized spacial score (nSPS) is 15.8. The smallest absolute Gasteiger partial charge is 0.337 e. The molecule has 1 amide bonds. The van der Waals surface area contributed by atoms with E-state index in [1.807, 2.05) is 13.8 Å². The highest BCUT2D eigenvalue weighted by molar-refractivity contribution is 5.93. The number of pyridine rings is 1. The number of piperidine rings is 1. The molecule has 7 nitrogen and oxygen atoms in total. The monoisotopic (exact) mass is 449 g/mol. The SMILES string of the molecule is CCc1cc(C(F)(F)F)c2c(C3CCN(C(=O)c4cc(C(C)C)nn4C)CC3)noc2n1. The van der Waals surface area contributed by atoms with E-state index in [1.165, 1.54) is 0 Å². The van der Waals surface area contributed by atoms with E-state index in [-0.39, 0.29) is 34.5 Å². The zero-order valence-electron chi connectivity index (χ0n) is 18.5. The van der Waals surface area contributed by atoms with Crippen LogP contribution in [0.3, 0.4) is 0 Å². The van der Waals surface area contributed by atoms with Crippen molar-refractivity contribution in [1.82, 2.24) is 24.8 Å². The minimum atomic E-state index is -4.53. The van der Waals surface area contributed by atoms with Gasteiger partial charge in [0.15, 0.2) is 0 Å². The van der Waals surface area contributed by atoms with Crippen LogP contribution in [0.2, 0.25) is 0 Å². The van der Waals surface area contributed by atoms with Crippen LogP contribution in [0.25, 0.3) is 11.1 Å². The molecule has 10 heteroatoms. The Hall–Kier alpha value is -2.91. The summed E-state index contributed by atoms with van der Waals surface area (Å²) in [4.78, 5) is 18.9. The van der Waals surface area contributed by atoms with Gasteiger partial charge in [0.05, 0.1) is 22.3 Å². The van der Waals surface area contributed by atoms with Crippen LogP contribution in [0.5, 0.6) is 0 Å². The molecule has 0 saturated carbocycles. The number of nitrogens with zero attached hydrogens (tertiary/aromatic N) is 5. The van der Waals surface area contributed by atoms with Crippen LogP contribution in [0.4, 0.5) is 13.2 Å². The fourth-order valence-corrected chi connectivity index (χ4v) is 4.20. The number of rotatable bonds is 4. The van der Waals surface area contributed by atoms with E-state index in [0.29, 0.717) is 43.7 Å². The van der Waals surface area contributed by atoms with Gasteiger partial charge in [-0.25, -0.2) is 4.98 Å². The number of amides is 1. The Morgan fingerprint density at radius 1 is 1.25 bits per heavy atom. The first-order valence-electron chi connectivity index (χ1n) is 10.8. The van der Waals surface area contributed by atoms with Crippen LogP contribution < -0.4 is 0 Å². The van der Waals surface area contributed by atoms with Gasteiger partial charge in [0.1, 0.15) is 5.69 Å². The number of hydrogen-bond acceptors (Lipinski definition) is 5. The molecule has 0 radical (unpaired) electrons. The summed E-state index contributed by atoms with van der Waals surface area (Å²) in [7, 11) is 1.74. The first-order valence-corrected chi connectivity index (χ1v) is 10.8. The summed E-state index contributed by atoms with van der Waals surface area (Å²) in [5.41, 5.74) is 1.10. The standard InChI is InChI=1S/C22H26F3N5O2/c1-5-14-10-15(22(23,24)25)18-19(28-32-20(18)26-14)13-6-8-30(9-7-13)21(31)17-11-16(12(2)3)27-29(17)4/h10-13H,5-9H2,1-4H3.